The van der Waals surface area contributed by atoms with E-state index in [9.17, 15) is 4.79 Å². The zero-order chi connectivity index (χ0) is 26.1. The van der Waals surface area contributed by atoms with Crippen molar-refractivity contribution in [3.05, 3.63) is 0 Å². The molecule has 0 bridgehead atoms. The Labute approximate surface area is 206 Å². The van der Waals surface area contributed by atoms with Crippen molar-refractivity contribution in [3.8, 4) is 0 Å². The van der Waals surface area contributed by atoms with E-state index in [0.29, 0.717) is 6.42 Å². The van der Waals surface area contributed by atoms with E-state index in [2.05, 4.69) is 6.92 Å². The number of rotatable bonds is 22. The highest BCUT2D eigenvalue weighted by atomic mass is 16.5. The van der Waals surface area contributed by atoms with Gasteiger partial charge in [0, 0.05) is 6.42 Å². The maximum absolute atomic E-state index is 11.6. The predicted molar refractivity (Wildman–Crippen MR) is 133 cm³/mol. The molecular weight excluding hydrogens is 442 g/mol. The molecule has 0 rings (SSSR count). The topological polar surface area (TPSA) is 174 Å². The fourth-order valence-corrected chi connectivity index (χ4v) is 3.02. The number of carbonyl (C=O) groups excluding carboxylic acids is 1. The molecule has 0 aromatic carbocycles. The lowest BCUT2D eigenvalue weighted by atomic mass is 9.93. The fourth-order valence-electron chi connectivity index (χ4n) is 3.02. The minimum Gasteiger partial charge on any atom is -0.464 e. The second-order valence-electron chi connectivity index (χ2n) is 9.46. The van der Waals surface area contributed by atoms with Crippen LogP contribution in [0.5, 0.6) is 0 Å². The summed E-state index contributed by atoms with van der Waals surface area (Å²) in [7, 11) is 0. The van der Waals surface area contributed by atoms with Crippen LogP contribution in [0.1, 0.15) is 96.8 Å². The van der Waals surface area contributed by atoms with Gasteiger partial charge < -0.3 is 41.1 Å². The van der Waals surface area contributed by atoms with Gasteiger partial charge in [-0.1, -0.05) is 84.0 Å². The number of ether oxygens (including phenoxy) is 1. The minimum absolute atomic E-state index is 0.142. The van der Waals surface area contributed by atoms with Gasteiger partial charge in [-0.15, -0.1) is 0 Å². The van der Waals surface area contributed by atoms with Crippen LogP contribution in [0.3, 0.4) is 0 Å². The molecule has 0 aliphatic heterocycles. The van der Waals surface area contributed by atoms with E-state index in [4.69, 9.17) is 41.1 Å². The van der Waals surface area contributed by atoms with Gasteiger partial charge in [0.1, 0.15) is 6.61 Å². The standard InChI is InChI=1S/C20H41NO4.C5H12O4/c1-2-3-4-5-6-7-8-9-10-11-12-13-14-15-19(24)25-18-20(21,16-22)17-23;6-1-5(2-7,3-8)4-9/h22-23H,2-18,21H2,1H3;6-9H,1-4H2. The van der Waals surface area contributed by atoms with Crippen molar-refractivity contribution in [2.45, 2.75) is 102 Å². The maximum atomic E-state index is 11.6. The van der Waals surface area contributed by atoms with Gasteiger partial charge in [-0.05, 0) is 6.42 Å². The Morgan fingerprint density at radius 3 is 1.26 bits per heavy atom. The van der Waals surface area contributed by atoms with Crippen LogP contribution in [0.25, 0.3) is 0 Å². The van der Waals surface area contributed by atoms with Gasteiger partial charge in [0.15, 0.2) is 0 Å². The van der Waals surface area contributed by atoms with Gasteiger partial charge >= 0.3 is 5.97 Å². The Morgan fingerprint density at radius 2 is 0.971 bits per heavy atom. The highest BCUT2D eigenvalue weighted by Crippen LogP contribution is 2.13. The summed E-state index contributed by atoms with van der Waals surface area (Å²) in [5, 5.41) is 52.0. The first-order chi connectivity index (χ1) is 16.3. The van der Waals surface area contributed by atoms with Crippen molar-refractivity contribution < 1.29 is 40.2 Å². The predicted octanol–water partition coefficient (Wildman–Crippen LogP) is 1.63. The van der Waals surface area contributed by atoms with Gasteiger partial charge in [-0.25, -0.2) is 0 Å². The summed E-state index contributed by atoms with van der Waals surface area (Å²) in [6.07, 6.45) is 16.9. The third kappa shape index (κ3) is 19.5. The minimum atomic E-state index is -1.23. The summed E-state index contributed by atoms with van der Waals surface area (Å²) in [5.41, 5.74) is 3.30. The SMILES string of the molecule is CCCCCCCCCCCCCCCC(=O)OCC(N)(CO)CO.OCC(CO)(CO)CO. The highest BCUT2D eigenvalue weighted by molar-refractivity contribution is 5.69. The van der Waals surface area contributed by atoms with E-state index >= 15 is 0 Å². The molecule has 0 unspecified atom stereocenters. The molecule has 0 radical (unpaired) electrons. The Bertz CT molecular complexity index is 425. The van der Waals surface area contributed by atoms with Crippen LogP contribution in [-0.4, -0.2) is 88.4 Å². The van der Waals surface area contributed by atoms with Gasteiger partial charge in [0.2, 0.25) is 0 Å². The molecule has 0 aliphatic rings. The molecule has 0 spiro atoms. The largest absolute Gasteiger partial charge is 0.464 e. The first-order valence-corrected chi connectivity index (χ1v) is 12.9. The Morgan fingerprint density at radius 1 is 0.618 bits per heavy atom. The molecule has 34 heavy (non-hydrogen) atoms. The third-order valence-electron chi connectivity index (χ3n) is 5.98. The maximum Gasteiger partial charge on any atom is 0.305 e. The van der Waals surface area contributed by atoms with Gasteiger partial charge in [0.25, 0.3) is 0 Å². The second-order valence-corrected chi connectivity index (χ2v) is 9.46. The number of aliphatic hydroxyl groups excluding tert-OH is 6. The molecule has 0 saturated heterocycles. The number of unbranched alkanes of at least 4 members (excludes halogenated alkanes) is 12. The van der Waals surface area contributed by atoms with Gasteiger partial charge in [0.05, 0.1) is 50.6 Å². The van der Waals surface area contributed by atoms with E-state index in [1.807, 2.05) is 0 Å². The normalized spacial score (nSPS) is 11.8. The summed E-state index contributed by atoms with van der Waals surface area (Å²) in [6.45, 7) is -0.329. The molecule has 206 valence electrons. The number of hydrogen-bond donors (Lipinski definition) is 7. The first kappa shape index (κ1) is 35.4. The Kier molecular flexibility index (Phi) is 24.9. The molecule has 8 N–H and O–H groups in total. The lowest BCUT2D eigenvalue weighted by Crippen LogP contribution is -2.51. The van der Waals surface area contributed by atoms with E-state index in [1.54, 1.807) is 0 Å². The molecule has 0 heterocycles. The number of nitrogens with two attached hydrogens (primary N) is 1. The second kappa shape index (κ2) is 23.9. The molecule has 0 fully saturated rings. The molecular formula is C25H53NO8. The van der Waals surface area contributed by atoms with E-state index in [-0.39, 0.29) is 12.6 Å². The molecule has 0 atom stereocenters. The van der Waals surface area contributed by atoms with E-state index < -0.39 is 50.6 Å². The summed E-state index contributed by atoms with van der Waals surface area (Å²) >= 11 is 0. The van der Waals surface area contributed by atoms with Crippen LogP contribution in [0, 0.1) is 5.41 Å². The van der Waals surface area contributed by atoms with Gasteiger partial charge in [-0.3, -0.25) is 4.79 Å². The van der Waals surface area contributed by atoms with E-state index in [1.165, 1.54) is 64.2 Å². The van der Waals surface area contributed by atoms with Crippen molar-refractivity contribution >= 4 is 5.97 Å². The lowest BCUT2D eigenvalue weighted by molar-refractivity contribution is -0.146. The first-order valence-electron chi connectivity index (χ1n) is 12.9. The summed E-state index contributed by atoms with van der Waals surface area (Å²) < 4.78 is 5.01. The summed E-state index contributed by atoms with van der Waals surface area (Å²) in [4.78, 5) is 11.6. The van der Waals surface area contributed by atoms with Crippen LogP contribution in [0.2, 0.25) is 0 Å². The van der Waals surface area contributed by atoms with Crippen LogP contribution in [-0.2, 0) is 9.53 Å². The smallest absolute Gasteiger partial charge is 0.305 e. The van der Waals surface area contributed by atoms with Crippen molar-refractivity contribution in [1.29, 1.82) is 0 Å². The quantitative estimate of drug-likeness (QED) is 0.0870. The molecule has 9 nitrogen and oxygen atoms in total. The van der Waals surface area contributed by atoms with Crippen LogP contribution in [0.4, 0.5) is 0 Å². The molecule has 0 aromatic rings. The summed E-state index contributed by atoms with van der Waals surface area (Å²) in [6, 6.07) is 0. The van der Waals surface area contributed by atoms with Gasteiger partial charge in [-0.2, -0.15) is 0 Å². The highest BCUT2D eigenvalue weighted by Gasteiger charge is 2.26. The molecule has 0 amide bonds. The van der Waals surface area contributed by atoms with Crippen molar-refractivity contribution in [2.24, 2.45) is 11.1 Å². The Hall–Kier alpha value is -0.810. The van der Waals surface area contributed by atoms with Crippen molar-refractivity contribution in [2.75, 3.05) is 46.2 Å². The molecule has 0 saturated carbocycles. The molecule has 0 aromatic heterocycles. The van der Waals surface area contributed by atoms with Crippen molar-refractivity contribution in [1.82, 2.24) is 0 Å². The average Bonchev–Trinajstić information content (AvgIpc) is 2.87. The lowest BCUT2D eigenvalue weighted by Gasteiger charge is -2.23. The Balaban J connectivity index is 0. The van der Waals surface area contributed by atoms with Crippen LogP contribution < -0.4 is 5.73 Å². The fraction of sp³-hybridized carbons (Fsp3) is 0.960. The monoisotopic (exact) mass is 495 g/mol. The number of esters is 1. The zero-order valence-electron chi connectivity index (χ0n) is 21.4. The van der Waals surface area contributed by atoms with E-state index in [0.717, 1.165) is 19.3 Å². The summed E-state index contributed by atoms with van der Waals surface area (Å²) in [5.74, 6) is -0.306. The van der Waals surface area contributed by atoms with Crippen molar-refractivity contribution in [3.63, 3.8) is 0 Å². The molecule has 0 aliphatic carbocycles. The third-order valence-corrected chi connectivity index (χ3v) is 5.98. The zero-order valence-corrected chi connectivity index (χ0v) is 21.4. The number of hydrogen-bond acceptors (Lipinski definition) is 9. The van der Waals surface area contributed by atoms with Crippen LogP contribution in [0.15, 0.2) is 0 Å². The number of aliphatic hydroxyl groups is 6. The molecule has 9 heteroatoms. The van der Waals surface area contributed by atoms with Crippen LogP contribution >= 0.6 is 0 Å². The number of carbonyl (C=O) groups is 1. The average molecular weight is 496 g/mol.